The second kappa shape index (κ2) is 8.27. The van der Waals surface area contributed by atoms with E-state index in [0.29, 0.717) is 12.1 Å². The maximum atomic E-state index is 10.8. The molecule has 1 aromatic carbocycles. The molecule has 3 nitrogen and oxygen atoms in total. The maximum absolute atomic E-state index is 10.8. The van der Waals surface area contributed by atoms with Crippen LogP contribution in [0.3, 0.4) is 0 Å². The molecular weight excluding hydrogens is 261 g/mol. The van der Waals surface area contributed by atoms with Crippen LogP contribution in [0.4, 0.5) is 0 Å². The molecule has 0 aliphatic rings. The fourth-order valence-electron chi connectivity index (χ4n) is 1.54. The predicted molar refractivity (Wildman–Crippen MR) is 73.5 cm³/mol. The van der Waals surface area contributed by atoms with Gasteiger partial charge in [-0.05, 0) is 6.07 Å². The molecule has 90 valence electrons. The van der Waals surface area contributed by atoms with E-state index in [9.17, 15) is 4.79 Å². The van der Waals surface area contributed by atoms with Crippen LogP contribution in [-0.2, 0) is 6.54 Å². The molecule has 2 rings (SSSR count). The molecule has 5 heteroatoms. The quantitative estimate of drug-likeness (QED) is 0.681. The third-order valence-corrected chi connectivity index (χ3v) is 2.31. The summed E-state index contributed by atoms with van der Waals surface area (Å²) in [5, 5.41) is 8.86. The first kappa shape index (κ1) is 17.1. The van der Waals surface area contributed by atoms with Crippen molar-refractivity contribution in [2.75, 3.05) is 0 Å². The van der Waals surface area contributed by atoms with Crippen LogP contribution in [0.1, 0.15) is 15.9 Å². The van der Waals surface area contributed by atoms with Gasteiger partial charge in [0, 0.05) is 11.6 Å². The molecule has 0 fully saturated rings. The Balaban J connectivity index is 0.00000144. The number of halogens is 1. The van der Waals surface area contributed by atoms with E-state index >= 15 is 0 Å². The van der Waals surface area contributed by atoms with Gasteiger partial charge in [-0.15, -0.1) is 12.4 Å². The number of benzene rings is 1. The zero-order valence-corrected chi connectivity index (χ0v) is 9.93. The van der Waals surface area contributed by atoms with Crippen molar-refractivity contribution in [3.05, 3.63) is 66.0 Å². The zero-order chi connectivity index (χ0) is 11.4. The predicted octanol–water partition coefficient (Wildman–Crippen LogP) is 1.49. The van der Waals surface area contributed by atoms with Crippen molar-refractivity contribution in [1.82, 2.24) is 0 Å². The molecule has 0 aliphatic heterocycles. The normalized spacial score (nSPS) is 8.89. The number of aromatic nitrogens is 1. The van der Waals surface area contributed by atoms with Gasteiger partial charge in [-0.25, -0.2) is 4.79 Å². The van der Waals surface area contributed by atoms with Crippen LogP contribution < -0.4 is 4.57 Å². The van der Waals surface area contributed by atoms with Gasteiger partial charge in [-0.3, -0.25) is 0 Å². The minimum absolute atomic E-state index is 0. The van der Waals surface area contributed by atoms with E-state index in [0.717, 1.165) is 5.56 Å². The molecule has 1 N–H and O–H groups in total. The molecule has 0 atom stereocenters. The number of nitrogens with zero attached hydrogens (tertiary/aromatic N) is 1. The number of carboxylic acid groups (broad SMARTS) is 1. The summed E-state index contributed by atoms with van der Waals surface area (Å²) in [4.78, 5) is 10.8. The Bertz CT molecular complexity index is 505. The Labute approximate surface area is 134 Å². The van der Waals surface area contributed by atoms with Crippen LogP contribution in [0.15, 0.2) is 54.9 Å². The second-order valence-electron chi connectivity index (χ2n) is 3.56. The van der Waals surface area contributed by atoms with Crippen molar-refractivity contribution in [2.24, 2.45) is 0 Å². The van der Waals surface area contributed by atoms with Gasteiger partial charge in [0.05, 0.1) is 0 Å². The van der Waals surface area contributed by atoms with Crippen molar-refractivity contribution in [3.63, 3.8) is 0 Å². The number of pyridine rings is 1. The van der Waals surface area contributed by atoms with Gasteiger partial charge < -0.3 is 5.11 Å². The fourth-order valence-corrected chi connectivity index (χ4v) is 1.54. The summed E-state index contributed by atoms with van der Waals surface area (Å²) >= 11 is 0. The Hall–Kier alpha value is -0.870. The van der Waals surface area contributed by atoms with E-state index in [-0.39, 0.29) is 42.0 Å². The van der Waals surface area contributed by atoms with Crippen molar-refractivity contribution in [3.8, 4) is 0 Å². The van der Waals surface area contributed by atoms with Gasteiger partial charge in [0.25, 0.3) is 0 Å². The number of hydrogen-bond acceptors (Lipinski definition) is 1. The Morgan fingerprint density at radius 2 is 1.78 bits per heavy atom. The zero-order valence-electron chi connectivity index (χ0n) is 9.11. The van der Waals surface area contributed by atoms with E-state index in [1.807, 2.05) is 41.1 Å². The number of carbonyl (C=O) groups is 1. The van der Waals surface area contributed by atoms with Crippen LogP contribution in [-0.4, -0.2) is 40.6 Å². The molecular formula is C13H14ClNNaO2+. The van der Waals surface area contributed by atoms with Crippen LogP contribution in [0.5, 0.6) is 0 Å². The molecule has 1 heterocycles. The average molecular weight is 275 g/mol. The van der Waals surface area contributed by atoms with Gasteiger partial charge in [0.15, 0.2) is 18.9 Å². The molecule has 0 unspecified atom stereocenters. The van der Waals surface area contributed by atoms with Crippen LogP contribution >= 0.6 is 12.4 Å². The van der Waals surface area contributed by atoms with Gasteiger partial charge in [-0.2, -0.15) is 4.57 Å². The third kappa shape index (κ3) is 4.78. The van der Waals surface area contributed by atoms with Crippen LogP contribution in [0, 0.1) is 0 Å². The summed E-state index contributed by atoms with van der Waals surface area (Å²) < 4.78 is 1.86. The molecule has 0 bridgehead atoms. The van der Waals surface area contributed by atoms with Gasteiger partial charge in [0.2, 0.25) is 0 Å². The summed E-state index contributed by atoms with van der Waals surface area (Å²) in [5.41, 5.74) is 1.45. The molecule has 0 amide bonds. The van der Waals surface area contributed by atoms with Gasteiger partial charge in [-0.1, -0.05) is 30.3 Å². The van der Waals surface area contributed by atoms with E-state index < -0.39 is 5.97 Å². The van der Waals surface area contributed by atoms with E-state index in [1.165, 1.54) is 0 Å². The summed E-state index contributed by atoms with van der Waals surface area (Å²) in [6.45, 7) is 0.682. The number of hydrogen-bond donors (Lipinski definition) is 1. The molecule has 18 heavy (non-hydrogen) atoms. The molecule has 0 radical (unpaired) electrons. The summed E-state index contributed by atoms with van der Waals surface area (Å²) in [6.07, 6.45) is 3.49. The SMILES string of the molecule is Cl.O=C(O)c1ccc[n+](Cc2ccccc2)c1.[NaH]. The first-order chi connectivity index (χ1) is 7.75. The topological polar surface area (TPSA) is 41.2 Å². The first-order valence-electron chi connectivity index (χ1n) is 5.02. The summed E-state index contributed by atoms with van der Waals surface area (Å²) in [7, 11) is 0. The summed E-state index contributed by atoms with van der Waals surface area (Å²) in [5.74, 6) is -0.901. The molecule has 1 aromatic heterocycles. The van der Waals surface area contributed by atoms with Crippen LogP contribution in [0.25, 0.3) is 0 Å². The van der Waals surface area contributed by atoms with Gasteiger partial charge >= 0.3 is 35.5 Å². The first-order valence-corrected chi connectivity index (χ1v) is 5.02. The molecule has 0 spiro atoms. The van der Waals surface area contributed by atoms with Crippen molar-refractivity contribution < 1.29 is 14.5 Å². The molecule has 0 saturated heterocycles. The standard InChI is InChI=1S/C13H11NO2.ClH.Na.H/c15-13(16)12-7-4-8-14(10-12)9-11-5-2-1-3-6-11;;;/h1-8,10H,9H2;1H;;/p+1. The molecule has 0 saturated carbocycles. The number of carboxylic acids is 1. The minimum atomic E-state index is -0.901. The molecule has 0 aliphatic carbocycles. The van der Waals surface area contributed by atoms with E-state index in [2.05, 4.69) is 0 Å². The van der Waals surface area contributed by atoms with Crippen LogP contribution in [0.2, 0.25) is 0 Å². The van der Waals surface area contributed by atoms with Gasteiger partial charge in [0.1, 0.15) is 5.56 Å². The third-order valence-electron chi connectivity index (χ3n) is 2.31. The molecule has 2 aromatic rings. The fraction of sp³-hybridized carbons (Fsp3) is 0.0769. The summed E-state index contributed by atoms with van der Waals surface area (Å²) in [6, 6.07) is 13.3. The Kier molecular flexibility index (Phi) is 7.87. The van der Waals surface area contributed by atoms with Crippen molar-refractivity contribution in [2.45, 2.75) is 6.54 Å². The number of rotatable bonds is 3. The van der Waals surface area contributed by atoms with Crippen molar-refractivity contribution >= 4 is 47.9 Å². The average Bonchev–Trinajstić information content (AvgIpc) is 2.30. The van der Waals surface area contributed by atoms with E-state index in [4.69, 9.17) is 5.11 Å². The Morgan fingerprint density at radius 1 is 1.11 bits per heavy atom. The van der Waals surface area contributed by atoms with E-state index in [1.54, 1.807) is 18.3 Å². The monoisotopic (exact) mass is 274 g/mol. The second-order valence-corrected chi connectivity index (χ2v) is 3.56. The van der Waals surface area contributed by atoms with Crippen molar-refractivity contribution in [1.29, 1.82) is 0 Å². The Morgan fingerprint density at radius 3 is 2.39 bits per heavy atom. The number of aromatic carboxylic acids is 1.